The van der Waals surface area contributed by atoms with E-state index in [2.05, 4.69) is 20.3 Å². The number of hydrogen-bond acceptors (Lipinski definition) is 6. The first kappa shape index (κ1) is 19.7. The Morgan fingerprint density at radius 1 is 1.07 bits per heavy atom. The summed E-state index contributed by atoms with van der Waals surface area (Å²) in [5, 5.41) is 8.06. The lowest BCUT2D eigenvalue weighted by molar-refractivity contribution is -0.0361. The minimum atomic E-state index is -2.54. The second kappa shape index (κ2) is 8.09. The van der Waals surface area contributed by atoms with Crippen LogP contribution in [0.2, 0.25) is 0 Å². The molecule has 9 heteroatoms. The molecule has 2 aliphatic carbocycles. The highest BCUT2D eigenvalue weighted by Gasteiger charge is 2.35. The molecule has 2 aromatic heterocycles. The first-order valence-electron chi connectivity index (χ1n) is 11.0. The van der Waals surface area contributed by atoms with Gasteiger partial charge < -0.3 is 15.0 Å². The van der Waals surface area contributed by atoms with Gasteiger partial charge in [0.15, 0.2) is 0 Å². The molecular formula is C21H28F2N6O. The van der Waals surface area contributed by atoms with Crippen LogP contribution >= 0.6 is 0 Å². The van der Waals surface area contributed by atoms with E-state index in [-0.39, 0.29) is 18.9 Å². The van der Waals surface area contributed by atoms with Crippen molar-refractivity contribution >= 4 is 11.6 Å². The molecule has 0 bridgehead atoms. The van der Waals surface area contributed by atoms with Crippen molar-refractivity contribution in [3.8, 4) is 5.95 Å². The van der Waals surface area contributed by atoms with Gasteiger partial charge in [-0.05, 0) is 38.2 Å². The monoisotopic (exact) mass is 418 g/mol. The molecule has 2 saturated carbocycles. The fraction of sp³-hybridized carbons (Fsp3) is 0.667. The smallest absolute Gasteiger partial charge is 0.254 e. The van der Waals surface area contributed by atoms with Crippen molar-refractivity contribution in [1.29, 1.82) is 0 Å². The first-order chi connectivity index (χ1) is 14.6. The molecule has 5 rings (SSSR count). The topological polar surface area (TPSA) is 68.1 Å². The molecule has 0 aromatic carbocycles. The summed E-state index contributed by atoms with van der Waals surface area (Å²) in [6.07, 6.45) is 5.93. The van der Waals surface area contributed by atoms with Gasteiger partial charge in [0.05, 0.1) is 12.3 Å². The van der Waals surface area contributed by atoms with Crippen molar-refractivity contribution in [3.63, 3.8) is 0 Å². The lowest BCUT2D eigenvalue weighted by atomic mass is 9.92. The van der Waals surface area contributed by atoms with Crippen molar-refractivity contribution in [3.05, 3.63) is 24.0 Å². The first-order valence-corrected chi connectivity index (χ1v) is 11.0. The van der Waals surface area contributed by atoms with Crippen LogP contribution in [0.3, 0.4) is 0 Å². The fourth-order valence-corrected chi connectivity index (χ4v) is 4.18. The zero-order valence-electron chi connectivity index (χ0n) is 17.1. The van der Waals surface area contributed by atoms with Gasteiger partial charge in [0.1, 0.15) is 11.6 Å². The zero-order chi connectivity index (χ0) is 20.6. The van der Waals surface area contributed by atoms with Gasteiger partial charge in [0.25, 0.3) is 5.95 Å². The molecule has 3 heterocycles. The summed E-state index contributed by atoms with van der Waals surface area (Å²) < 4.78 is 34.4. The van der Waals surface area contributed by atoms with E-state index in [1.807, 2.05) is 18.3 Å². The molecule has 0 atom stereocenters. The Balaban J connectivity index is 1.41. The van der Waals surface area contributed by atoms with E-state index >= 15 is 0 Å². The molecule has 3 fully saturated rings. The molecule has 0 unspecified atom stereocenters. The number of nitrogens with zero attached hydrogens (tertiary/aromatic N) is 5. The van der Waals surface area contributed by atoms with Crippen LogP contribution in [0.25, 0.3) is 5.95 Å². The second-order valence-corrected chi connectivity index (χ2v) is 8.60. The fourth-order valence-electron chi connectivity index (χ4n) is 4.18. The number of nitrogens with one attached hydrogen (secondary N) is 1. The van der Waals surface area contributed by atoms with Crippen molar-refractivity contribution in [2.45, 2.75) is 62.8 Å². The van der Waals surface area contributed by atoms with Crippen LogP contribution in [0.15, 0.2) is 18.3 Å². The van der Waals surface area contributed by atoms with Gasteiger partial charge in [0, 0.05) is 56.8 Å². The lowest BCUT2D eigenvalue weighted by Crippen LogP contribution is -2.32. The van der Waals surface area contributed by atoms with Crippen molar-refractivity contribution in [2.24, 2.45) is 0 Å². The van der Waals surface area contributed by atoms with Crippen LogP contribution in [0.1, 0.15) is 56.6 Å². The van der Waals surface area contributed by atoms with Crippen molar-refractivity contribution in [1.82, 2.24) is 19.7 Å². The number of aromatic nitrogens is 4. The third kappa shape index (κ3) is 4.55. The minimum absolute atomic E-state index is 0.00709. The number of anilines is 2. The maximum absolute atomic E-state index is 13.5. The summed E-state index contributed by atoms with van der Waals surface area (Å²) in [5.41, 5.74) is 1.08. The van der Waals surface area contributed by atoms with Gasteiger partial charge in [-0.25, -0.2) is 13.5 Å². The second-order valence-electron chi connectivity index (χ2n) is 8.60. The zero-order valence-corrected chi connectivity index (χ0v) is 17.1. The van der Waals surface area contributed by atoms with Gasteiger partial charge in [0.2, 0.25) is 5.92 Å². The van der Waals surface area contributed by atoms with Crippen LogP contribution in [0.4, 0.5) is 20.4 Å². The van der Waals surface area contributed by atoms with Gasteiger partial charge >= 0.3 is 0 Å². The molecule has 3 aliphatic rings. The Morgan fingerprint density at radius 3 is 2.70 bits per heavy atom. The molecule has 1 aliphatic heterocycles. The van der Waals surface area contributed by atoms with E-state index < -0.39 is 5.92 Å². The van der Waals surface area contributed by atoms with Crippen LogP contribution in [0.5, 0.6) is 0 Å². The van der Waals surface area contributed by atoms with Crippen LogP contribution < -0.4 is 10.2 Å². The summed E-state index contributed by atoms with van der Waals surface area (Å²) in [6, 6.07) is 3.95. The van der Waals surface area contributed by atoms with Crippen molar-refractivity contribution in [2.75, 3.05) is 36.5 Å². The Hall–Kier alpha value is -2.29. The number of hydrogen-bond donors (Lipinski definition) is 1. The van der Waals surface area contributed by atoms with E-state index in [0.717, 1.165) is 37.6 Å². The highest BCUT2D eigenvalue weighted by molar-refractivity contribution is 5.52. The van der Waals surface area contributed by atoms with E-state index in [4.69, 9.17) is 9.72 Å². The largest absolute Gasteiger partial charge is 0.380 e. The lowest BCUT2D eigenvalue weighted by Gasteiger charge is -2.29. The number of halogens is 2. The SMILES string of the molecule is FC1(F)CCC(Nc2cc(N3CCCOCC3)nc(-n3ccc(C4CC4)n3)n2)CC1. The van der Waals surface area contributed by atoms with Crippen molar-refractivity contribution < 1.29 is 13.5 Å². The molecule has 7 nitrogen and oxygen atoms in total. The summed E-state index contributed by atoms with van der Waals surface area (Å²) in [6.45, 7) is 3.03. The molecule has 0 radical (unpaired) electrons. The molecule has 2 aromatic rings. The molecule has 162 valence electrons. The summed E-state index contributed by atoms with van der Waals surface area (Å²) in [7, 11) is 0. The minimum Gasteiger partial charge on any atom is -0.380 e. The van der Waals surface area contributed by atoms with Gasteiger partial charge in [-0.15, -0.1) is 0 Å². The summed E-state index contributed by atoms with van der Waals surface area (Å²) in [4.78, 5) is 11.7. The maximum Gasteiger partial charge on any atom is 0.254 e. The van der Waals surface area contributed by atoms with Gasteiger partial charge in [-0.3, -0.25) is 0 Å². The Bertz CT molecular complexity index is 866. The Morgan fingerprint density at radius 2 is 1.90 bits per heavy atom. The molecule has 0 amide bonds. The molecule has 1 N–H and O–H groups in total. The highest BCUT2D eigenvalue weighted by Crippen LogP contribution is 2.39. The number of ether oxygens (including phenoxy) is 1. The quantitative estimate of drug-likeness (QED) is 0.798. The average molecular weight is 418 g/mol. The predicted octanol–water partition coefficient (Wildman–Crippen LogP) is 3.76. The molecule has 1 saturated heterocycles. The summed E-state index contributed by atoms with van der Waals surface area (Å²) in [5.74, 6) is 0.00360. The number of rotatable bonds is 5. The van der Waals surface area contributed by atoms with Gasteiger partial charge in [-0.2, -0.15) is 15.1 Å². The average Bonchev–Trinajstić information content (AvgIpc) is 3.52. The van der Waals surface area contributed by atoms with Crippen LogP contribution in [0, 0.1) is 0 Å². The Kier molecular flexibility index (Phi) is 5.30. The third-order valence-corrected chi connectivity index (χ3v) is 6.13. The van der Waals surface area contributed by atoms with Crippen LogP contribution in [-0.2, 0) is 4.74 Å². The molecular weight excluding hydrogens is 390 g/mol. The van der Waals surface area contributed by atoms with E-state index in [0.29, 0.717) is 37.1 Å². The predicted molar refractivity (Wildman–Crippen MR) is 110 cm³/mol. The molecule has 0 spiro atoms. The van der Waals surface area contributed by atoms with E-state index in [1.165, 1.54) is 12.8 Å². The third-order valence-electron chi connectivity index (χ3n) is 6.13. The van der Waals surface area contributed by atoms with E-state index in [1.54, 1.807) is 4.68 Å². The maximum atomic E-state index is 13.5. The standard InChI is InChI=1S/C21H28F2N6O/c22-21(23)7-4-16(5-8-21)24-18-14-19(28-9-1-12-30-13-11-28)26-20(25-18)29-10-6-17(27-29)15-2-3-15/h6,10,14-16H,1-5,7-9,11-13H2,(H,24,25,26). The van der Waals surface area contributed by atoms with Crippen LogP contribution in [-0.4, -0.2) is 58.0 Å². The normalized spacial score (nSPS) is 22.7. The summed E-state index contributed by atoms with van der Waals surface area (Å²) >= 11 is 0. The molecule has 30 heavy (non-hydrogen) atoms. The van der Waals surface area contributed by atoms with E-state index in [9.17, 15) is 8.78 Å². The Labute approximate surface area is 174 Å². The van der Waals surface area contributed by atoms with Gasteiger partial charge in [-0.1, -0.05) is 0 Å². The number of alkyl halides is 2. The highest BCUT2D eigenvalue weighted by atomic mass is 19.3.